The lowest BCUT2D eigenvalue weighted by Gasteiger charge is -2.23. The molecule has 0 spiro atoms. The molecule has 2 aliphatic rings. The molecule has 3 heterocycles. The number of nitrogens with zero attached hydrogens (tertiary/aromatic N) is 3. The zero-order valence-electron chi connectivity index (χ0n) is 16.5. The van der Waals surface area contributed by atoms with Gasteiger partial charge in [0.1, 0.15) is 0 Å². The monoisotopic (exact) mass is 403 g/mol. The van der Waals surface area contributed by atoms with E-state index < -0.39 is 0 Å². The average molecular weight is 404 g/mol. The first kappa shape index (κ1) is 18.5. The number of aromatic nitrogens is 2. The number of amides is 1. The van der Waals surface area contributed by atoms with Gasteiger partial charge < -0.3 is 9.47 Å². The molecule has 0 atom stereocenters. The lowest BCUT2D eigenvalue weighted by Crippen LogP contribution is -2.30. The molecule has 29 heavy (non-hydrogen) atoms. The minimum Gasteiger partial charge on any atom is -0.345 e. The molecule has 5 rings (SSSR count). The summed E-state index contributed by atoms with van der Waals surface area (Å²) in [6.07, 6.45) is 10.4. The number of carbonyl (C=O) groups is 1. The number of hydrogen-bond acceptors (Lipinski definition) is 3. The molecule has 3 aromatic rings. The van der Waals surface area contributed by atoms with Crippen LogP contribution in [-0.2, 0) is 13.1 Å². The fraction of sp³-hybridized carbons (Fsp3) is 0.333. The van der Waals surface area contributed by atoms with Crippen molar-refractivity contribution in [3.63, 3.8) is 0 Å². The highest BCUT2D eigenvalue weighted by Gasteiger charge is 2.25. The lowest BCUT2D eigenvalue weighted by atomic mass is 10.0. The average Bonchev–Trinajstić information content (AvgIpc) is 3.13. The molecule has 2 aromatic heterocycles. The molecule has 1 fully saturated rings. The zero-order valence-corrected chi connectivity index (χ0v) is 17.3. The first-order chi connectivity index (χ1) is 14.3. The number of pyridine rings is 1. The van der Waals surface area contributed by atoms with Crippen molar-refractivity contribution in [1.82, 2.24) is 9.55 Å². The van der Waals surface area contributed by atoms with E-state index in [-0.39, 0.29) is 5.91 Å². The Bertz CT molecular complexity index is 1000. The topological polar surface area (TPSA) is 38.1 Å². The van der Waals surface area contributed by atoms with Crippen LogP contribution < -0.4 is 4.90 Å². The smallest absolute Gasteiger partial charge is 0.260 e. The second kappa shape index (κ2) is 8.07. The van der Waals surface area contributed by atoms with Crippen LogP contribution in [0.3, 0.4) is 0 Å². The van der Waals surface area contributed by atoms with Crippen LogP contribution in [0, 0.1) is 0 Å². The minimum absolute atomic E-state index is 0.00816. The Kier molecular flexibility index (Phi) is 5.15. The summed E-state index contributed by atoms with van der Waals surface area (Å²) in [5.74, 6) is 0.00816. The Morgan fingerprint density at radius 1 is 0.966 bits per heavy atom. The van der Waals surface area contributed by atoms with E-state index in [1.54, 1.807) is 6.20 Å². The molecule has 1 aromatic carbocycles. The van der Waals surface area contributed by atoms with Gasteiger partial charge in [-0.2, -0.15) is 0 Å². The summed E-state index contributed by atoms with van der Waals surface area (Å²) in [5.41, 5.74) is 3.94. The molecule has 5 heteroatoms. The number of thioether (sulfide) groups is 1. The second-order valence-electron chi connectivity index (χ2n) is 7.91. The standard InChI is InChI=1S/C24H25N3OS/c28-24(18-12-13-23(25-15-18)29-21-9-2-1-3-10-21)27-17-20-8-6-14-26(20)16-19-7-4-5-11-22(19)27/h4-8,11-15,21H,1-3,9-10,16-17H2. The maximum Gasteiger partial charge on any atom is 0.260 e. The van der Waals surface area contributed by atoms with Crippen molar-refractivity contribution in [3.05, 3.63) is 77.7 Å². The van der Waals surface area contributed by atoms with Crippen LogP contribution in [0.15, 0.2) is 66.0 Å². The quantitative estimate of drug-likeness (QED) is 0.578. The lowest BCUT2D eigenvalue weighted by molar-refractivity contribution is 0.0984. The van der Waals surface area contributed by atoms with Gasteiger partial charge in [0.05, 0.1) is 17.1 Å². The molecule has 0 saturated heterocycles. The minimum atomic E-state index is 0.00816. The summed E-state index contributed by atoms with van der Waals surface area (Å²) in [6.45, 7) is 1.36. The Morgan fingerprint density at radius 2 is 1.83 bits per heavy atom. The van der Waals surface area contributed by atoms with Crippen LogP contribution in [0.2, 0.25) is 0 Å². The fourth-order valence-electron chi connectivity index (χ4n) is 4.35. The fourth-order valence-corrected chi connectivity index (χ4v) is 5.52. The zero-order chi connectivity index (χ0) is 19.6. The van der Waals surface area contributed by atoms with Crippen molar-refractivity contribution in [2.45, 2.75) is 55.5 Å². The van der Waals surface area contributed by atoms with Gasteiger partial charge in [0.15, 0.2) is 0 Å². The second-order valence-corrected chi connectivity index (χ2v) is 9.23. The molecule has 0 bridgehead atoms. The number of rotatable bonds is 3. The Labute approximate surface area is 176 Å². The van der Waals surface area contributed by atoms with Gasteiger partial charge >= 0.3 is 0 Å². The van der Waals surface area contributed by atoms with Crippen molar-refractivity contribution in [2.24, 2.45) is 0 Å². The molecule has 1 aliphatic heterocycles. The summed E-state index contributed by atoms with van der Waals surface area (Å²) < 4.78 is 2.22. The van der Waals surface area contributed by atoms with E-state index in [1.807, 2.05) is 53.1 Å². The Hall–Kier alpha value is -2.53. The van der Waals surface area contributed by atoms with E-state index in [1.165, 1.54) is 32.1 Å². The Balaban J connectivity index is 1.39. The number of hydrogen-bond donors (Lipinski definition) is 0. The van der Waals surface area contributed by atoms with E-state index in [2.05, 4.69) is 27.9 Å². The molecular weight excluding hydrogens is 378 g/mol. The van der Waals surface area contributed by atoms with Gasteiger partial charge in [-0.25, -0.2) is 4.98 Å². The Morgan fingerprint density at radius 3 is 2.66 bits per heavy atom. The van der Waals surface area contributed by atoms with Crippen LogP contribution in [-0.4, -0.2) is 20.7 Å². The summed E-state index contributed by atoms with van der Waals surface area (Å²) in [7, 11) is 0. The maximum absolute atomic E-state index is 13.4. The highest BCUT2D eigenvalue weighted by Crippen LogP contribution is 2.33. The molecular formula is C24H25N3OS. The summed E-state index contributed by atoms with van der Waals surface area (Å²) in [5, 5.41) is 1.70. The summed E-state index contributed by atoms with van der Waals surface area (Å²) in [4.78, 5) is 19.9. The predicted octanol–water partition coefficient (Wildman–Crippen LogP) is 5.52. The number of anilines is 1. The largest absolute Gasteiger partial charge is 0.345 e. The number of para-hydroxylation sites is 1. The molecule has 4 nitrogen and oxygen atoms in total. The van der Waals surface area contributed by atoms with E-state index in [0.29, 0.717) is 17.4 Å². The number of carbonyl (C=O) groups excluding carboxylic acids is 1. The van der Waals surface area contributed by atoms with Crippen LogP contribution in [0.25, 0.3) is 0 Å². The van der Waals surface area contributed by atoms with Crippen molar-refractivity contribution >= 4 is 23.4 Å². The van der Waals surface area contributed by atoms with Crippen LogP contribution >= 0.6 is 11.8 Å². The van der Waals surface area contributed by atoms with Gasteiger partial charge in [0, 0.05) is 35.6 Å². The van der Waals surface area contributed by atoms with E-state index >= 15 is 0 Å². The van der Waals surface area contributed by atoms with Crippen LogP contribution in [0.5, 0.6) is 0 Å². The molecule has 0 unspecified atom stereocenters. The number of benzene rings is 1. The van der Waals surface area contributed by atoms with Crippen molar-refractivity contribution in [2.75, 3.05) is 4.90 Å². The molecule has 148 valence electrons. The SMILES string of the molecule is O=C(c1ccc(SC2CCCCC2)nc1)N1Cc2cccn2Cc2ccccc21. The van der Waals surface area contributed by atoms with Gasteiger partial charge in [0.25, 0.3) is 5.91 Å². The third-order valence-electron chi connectivity index (χ3n) is 5.93. The van der Waals surface area contributed by atoms with Gasteiger partial charge in [-0.05, 0) is 48.7 Å². The molecule has 0 radical (unpaired) electrons. The van der Waals surface area contributed by atoms with Gasteiger partial charge in [-0.1, -0.05) is 37.5 Å². The predicted molar refractivity (Wildman–Crippen MR) is 117 cm³/mol. The highest BCUT2D eigenvalue weighted by molar-refractivity contribution is 7.99. The van der Waals surface area contributed by atoms with Crippen molar-refractivity contribution in [3.8, 4) is 0 Å². The van der Waals surface area contributed by atoms with Crippen molar-refractivity contribution < 1.29 is 4.79 Å². The third-order valence-corrected chi connectivity index (χ3v) is 7.22. The molecule has 0 N–H and O–H groups in total. The van der Waals surface area contributed by atoms with E-state index in [9.17, 15) is 4.79 Å². The molecule has 1 saturated carbocycles. The van der Waals surface area contributed by atoms with E-state index in [0.717, 1.165) is 28.5 Å². The van der Waals surface area contributed by atoms with Crippen LogP contribution in [0.1, 0.15) is 53.7 Å². The maximum atomic E-state index is 13.4. The molecule has 1 aliphatic carbocycles. The van der Waals surface area contributed by atoms with Gasteiger partial charge in [0.2, 0.25) is 0 Å². The van der Waals surface area contributed by atoms with Gasteiger partial charge in [-0.3, -0.25) is 4.79 Å². The first-order valence-corrected chi connectivity index (χ1v) is 11.3. The highest BCUT2D eigenvalue weighted by atomic mass is 32.2. The van der Waals surface area contributed by atoms with E-state index in [4.69, 9.17) is 0 Å². The number of fused-ring (bicyclic) bond motifs is 2. The van der Waals surface area contributed by atoms with Crippen LogP contribution in [0.4, 0.5) is 5.69 Å². The normalized spacial score (nSPS) is 16.8. The summed E-state index contributed by atoms with van der Waals surface area (Å²) >= 11 is 1.86. The summed E-state index contributed by atoms with van der Waals surface area (Å²) in [6, 6.07) is 16.3. The third kappa shape index (κ3) is 3.84. The van der Waals surface area contributed by atoms with Gasteiger partial charge in [-0.15, -0.1) is 11.8 Å². The van der Waals surface area contributed by atoms with Crippen molar-refractivity contribution in [1.29, 1.82) is 0 Å². The first-order valence-electron chi connectivity index (χ1n) is 10.4. The molecule has 1 amide bonds.